The third kappa shape index (κ3) is 2.84. The van der Waals surface area contributed by atoms with Crippen LogP contribution in [-0.4, -0.2) is 4.92 Å². The molecule has 0 spiro atoms. The molecule has 0 radical (unpaired) electrons. The van der Waals surface area contributed by atoms with Crippen molar-refractivity contribution in [2.45, 2.75) is 6.18 Å². The highest BCUT2D eigenvalue weighted by molar-refractivity contribution is 9.10. The molecule has 0 aliphatic rings. The molecular formula is C15H7BrF3NO2S. The van der Waals surface area contributed by atoms with E-state index in [1.54, 1.807) is 0 Å². The molecule has 0 atom stereocenters. The Hall–Kier alpha value is -1.93. The summed E-state index contributed by atoms with van der Waals surface area (Å²) in [5.41, 5.74) is -1.90. The van der Waals surface area contributed by atoms with E-state index in [2.05, 4.69) is 15.9 Å². The molecule has 0 aliphatic heterocycles. The van der Waals surface area contributed by atoms with Crippen LogP contribution in [0.2, 0.25) is 0 Å². The summed E-state index contributed by atoms with van der Waals surface area (Å²) in [7, 11) is 0. The Kier molecular flexibility index (Phi) is 3.89. The van der Waals surface area contributed by atoms with Crippen molar-refractivity contribution in [1.82, 2.24) is 0 Å². The molecule has 2 aromatic carbocycles. The number of hydrogen-bond acceptors (Lipinski definition) is 3. The van der Waals surface area contributed by atoms with Crippen molar-refractivity contribution < 1.29 is 18.1 Å². The van der Waals surface area contributed by atoms with Crippen LogP contribution in [0, 0.1) is 10.1 Å². The summed E-state index contributed by atoms with van der Waals surface area (Å²) in [5.74, 6) is 0. The van der Waals surface area contributed by atoms with E-state index in [1.807, 2.05) is 24.3 Å². The number of halogens is 4. The molecule has 1 heterocycles. The number of benzene rings is 2. The molecule has 23 heavy (non-hydrogen) atoms. The largest absolute Gasteiger partial charge is 0.423 e. The predicted molar refractivity (Wildman–Crippen MR) is 86.6 cm³/mol. The van der Waals surface area contributed by atoms with Crippen LogP contribution in [0.4, 0.5) is 18.9 Å². The minimum Gasteiger partial charge on any atom is -0.258 e. The van der Waals surface area contributed by atoms with Gasteiger partial charge in [0.15, 0.2) is 0 Å². The van der Waals surface area contributed by atoms with Crippen LogP contribution in [0.5, 0.6) is 0 Å². The molecular weight excluding hydrogens is 395 g/mol. The van der Waals surface area contributed by atoms with Gasteiger partial charge in [0.05, 0.1) is 4.92 Å². The van der Waals surface area contributed by atoms with Crippen molar-refractivity contribution in [3.63, 3.8) is 0 Å². The van der Waals surface area contributed by atoms with Crippen molar-refractivity contribution in [3.05, 3.63) is 62.6 Å². The van der Waals surface area contributed by atoms with Gasteiger partial charge >= 0.3 is 6.18 Å². The molecule has 0 saturated carbocycles. The highest BCUT2D eigenvalue weighted by Gasteiger charge is 2.38. The maximum atomic E-state index is 13.1. The second-order valence-corrected chi connectivity index (χ2v) is 6.57. The molecule has 0 saturated heterocycles. The van der Waals surface area contributed by atoms with Crippen LogP contribution in [0.1, 0.15) is 5.56 Å². The zero-order valence-corrected chi connectivity index (χ0v) is 13.6. The van der Waals surface area contributed by atoms with Gasteiger partial charge in [0.25, 0.3) is 5.69 Å². The van der Waals surface area contributed by atoms with Gasteiger partial charge in [0.1, 0.15) is 5.56 Å². The van der Waals surface area contributed by atoms with E-state index in [0.29, 0.717) is 9.35 Å². The van der Waals surface area contributed by atoms with E-state index in [0.717, 1.165) is 22.2 Å². The fourth-order valence-electron chi connectivity index (χ4n) is 2.26. The average molecular weight is 402 g/mol. The van der Waals surface area contributed by atoms with Crippen molar-refractivity contribution >= 4 is 43.0 Å². The number of thiophene rings is 1. The molecule has 1 aromatic heterocycles. The molecule has 0 bridgehead atoms. The fourth-order valence-corrected chi connectivity index (χ4v) is 4.30. The van der Waals surface area contributed by atoms with E-state index in [1.165, 1.54) is 17.4 Å². The SMILES string of the molecule is O=[N+]([O-])c1ccc(-c2sc3ccccc3c2Br)cc1C(F)(F)F. The molecule has 0 N–H and O–H groups in total. The summed E-state index contributed by atoms with van der Waals surface area (Å²) in [6.45, 7) is 0. The van der Waals surface area contributed by atoms with Crippen molar-refractivity contribution in [2.24, 2.45) is 0 Å². The molecule has 0 fully saturated rings. The Morgan fingerprint density at radius 2 is 1.83 bits per heavy atom. The van der Waals surface area contributed by atoms with Crippen molar-refractivity contribution in [1.29, 1.82) is 0 Å². The summed E-state index contributed by atoms with van der Waals surface area (Å²) in [4.78, 5) is 10.4. The smallest absolute Gasteiger partial charge is 0.258 e. The van der Waals surface area contributed by atoms with Gasteiger partial charge in [0, 0.05) is 25.5 Å². The topological polar surface area (TPSA) is 43.1 Å². The number of nitrogens with zero attached hydrogens (tertiary/aromatic N) is 1. The molecule has 8 heteroatoms. The van der Waals surface area contributed by atoms with Gasteiger partial charge in [-0.2, -0.15) is 13.2 Å². The van der Waals surface area contributed by atoms with E-state index in [-0.39, 0.29) is 5.56 Å². The van der Waals surface area contributed by atoms with E-state index in [9.17, 15) is 23.3 Å². The standard InChI is InChI=1S/C15H7BrF3NO2S/c16-13-9-3-1-2-4-12(9)23-14(13)8-5-6-11(20(21)22)10(7-8)15(17,18)19/h1-7H. The number of alkyl halides is 3. The van der Waals surface area contributed by atoms with Gasteiger partial charge in [-0.15, -0.1) is 11.3 Å². The molecule has 3 aromatic rings. The summed E-state index contributed by atoms with van der Waals surface area (Å²) < 4.78 is 40.9. The van der Waals surface area contributed by atoms with Crippen LogP contribution >= 0.6 is 27.3 Å². The van der Waals surface area contributed by atoms with Gasteiger partial charge in [-0.25, -0.2) is 0 Å². The van der Waals surface area contributed by atoms with Gasteiger partial charge < -0.3 is 0 Å². The number of fused-ring (bicyclic) bond motifs is 1. The van der Waals surface area contributed by atoms with Gasteiger partial charge in [-0.3, -0.25) is 10.1 Å². The molecule has 0 aliphatic carbocycles. The Labute approximate surface area is 140 Å². The zero-order chi connectivity index (χ0) is 16.8. The minimum atomic E-state index is -4.79. The van der Waals surface area contributed by atoms with Crippen LogP contribution < -0.4 is 0 Å². The maximum Gasteiger partial charge on any atom is 0.423 e. The highest BCUT2D eigenvalue weighted by Crippen LogP contribution is 2.45. The lowest BCUT2D eigenvalue weighted by atomic mass is 10.1. The highest BCUT2D eigenvalue weighted by atomic mass is 79.9. The molecule has 0 amide bonds. The van der Waals surface area contributed by atoms with Crippen LogP contribution in [0.3, 0.4) is 0 Å². The molecule has 3 rings (SSSR count). The Morgan fingerprint density at radius 3 is 2.43 bits per heavy atom. The normalized spacial score (nSPS) is 11.8. The lowest BCUT2D eigenvalue weighted by molar-refractivity contribution is -0.388. The van der Waals surface area contributed by atoms with E-state index >= 15 is 0 Å². The Balaban J connectivity index is 2.24. The summed E-state index contributed by atoms with van der Waals surface area (Å²) in [6, 6.07) is 10.5. The summed E-state index contributed by atoms with van der Waals surface area (Å²) in [5, 5.41) is 11.7. The first-order valence-corrected chi connectivity index (χ1v) is 7.93. The van der Waals surface area contributed by atoms with Crippen molar-refractivity contribution in [3.8, 4) is 10.4 Å². The summed E-state index contributed by atoms with van der Waals surface area (Å²) in [6.07, 6.45) is -4.79. The lowest BCUT2D eigenvalue weighted by Crippen LogP contribution is -2.09. The fraction of sp³-hybridized carbons (Fsp3) is 0.0667. The van der Waals surface area contributed by atoms with Crippen LogP contribution in [-0.2, 0) is 6.18 Å². The number of hydrogen-bond donors (Lipinski definition) is 0. The second kappa shape index (κ2) is 5.61. The van der Waals surface area contributed by atoms with Crippen molar-refractivity contribution in [2.75, 3.05) is 0 Å². The monoisotopic (exact) mass is 401 g/mol. The van der Waals surface area contributed by atoms with Gasteiger partial charge in [0.2, 0.25) is 0 Å². The second-order valence-electron chi connectivity index (χ2n) is 4.73. The van der Waals surface area contributed by atoms with E-state index < -0.39 is 22.4 Å². The van der Waals surface area contributed by atoms with Gasteiger partial charge in [-0.1, -0.05) is 18.2 Å². The molecule has 0 unspecified atom stereocenters. The predicted octanol–water partition coefficient (Wildman–Crippen LogP) is 6.26. The third-order valence-electron chi connectivity index (χ3n) is 3.30. The molecule has 118 valence electrons. The third-order valence-corrected chi connectivity index (χ3v) is 5.60. The first kappa shape index (κ1) is 15.9. The first-order valence-electron chi connectivity index (χ1n) is 6.32. The summed E-state index contributed by atoms with van der Waals surface area (Å²) >= 11 is 4.73. The van der Waals surface area contributed by atoms with Gasteiger partial charge in [-0.05, 0) is 39.7 Å². The number of nitro benzene ring substituents is 1. The van der Waals surface area contributed by atoms with Crippen LogP contribution in [0.15, 0.2) is 46.9 Å². The average Bonchev–Trinajstić information content (AvgIpc) is 2.83. The quantitative estimate of drug-likeness (QED) is 0.375. The Bertz CT molecular complexity index is 921. The zero-order valence-electron chi connectivity index (χ0n) is 11.2. The minimum absolute atomic E-state index is 0.288. The van der Waals surface area contributed by atoms with E-state index in [4.69, 9.17) is 0 Å². The Morgan fingerprint density at radius 1 is 1.13 bits per heavy atom. The first-order chi connectivity index (χ1) is 10.8. The maximum absolute atomic E-state index is 13.1. The number of nitro groups is 1. The lowest BCUT2D eigenvalue weighted by Gasteiger charge is -2.09. The van der Waals surface area contributed by atoms with Crippen LogP contribution in [0.25, 0.3) is 20.5 Å². The molecule has 3 nitrogen and oxygen atoms in total. The number of rotatable bonds is 2.